The Kier molecular flexibility index (Phi) is 2.07. The lowest BCUT2D eigenvalue weighted by Gasteiger charge is -2.47. The van der Waals surface area contributed by atoms with Gasteiger partial charge in [0.05, 0.1) is 18.7 Å². The number of rotatable bonds is 0. The number of amides is 1. The van der Waals surface area contributed by atoms with Gasteiger partial charge < -0.3 is 9.47 Å². The normalized spacial score (nSPS) is 44.3. The van der Waals surface area contributed by atoms with Gasteiger partial charge in [-0.15, -0.1) is 0 Å². The van der Waals surface area contributed by atoms with Crippen molar-refractivity contribution in [2.45, 2.75) is 37.8 Å². The molecule has 0 unspecified atom stereocenters. The van der Waals surface area contributed by atoms with E-state index in [1.807, 2.05) is 0 Å². The molecule has 0 radical (unpaired) electrons. The first kappa shape index (κ1) is 11.3. The lowest BCUT2D eigenvalue weighted by molar-refractivity contribution is -0.166. The number of carbonyl (C=O) groups excluding carboxylic acids is 3. The molecule has 1 amide bonds. The maximum Gasteiger partial charge on any atom is 0.410 e. The van der Waals surface area contributed by atoms with Crippen LogP contribution in [-0.4, -0.2) is 48.0 Å². The fourth-order valence-electron chi connectivity index (χ4n) is 4.40. The van der Waals surface area contributed by atoms with Crippen LogP contribution in [0, 0.1) is 11.3 Å². The Balaban J connectivity index is 1.75. The van der Waals surface area contributed by atoms with E-state index in [2.05, 4.69) is 0 Å². The summed E-state index contributed by atoms with van der Waals surface area (Å²) < 4.78 is 10.3. The summed E-state index contributed by atoms with van der Waals surface area (Å²) in [5.41, 5.74) is -0.216. The first-order chi connectivity index (χ1) is 9.10. The Hall–Kier alpha value is -1.59. The molecule has 0 aromatic heterocycles. The van der Waals surface area contributed by atoms with E-state index in [1.54, 1.807) is 4.90 Å². The van der Waals surface area contributed by atoms with E-state index in [-0.39, 0.29) is 41.3 Å². The number of Topliss-reactive ketones (excluding diaryl/α,β-unsaturated/α-hetero) is 1. The molecule has 102 valence electrons. The number of ketones is 1. The van der Waals surface area contributed by atoms with Gasteiger partial charge in [0.25, 0.3) is 0 Å². The van der Waals surface area contributed by atoms with E-state index in [0.29, 0.717) is 32.5 Å². The summed E-state index contributed by atoms with van der Waals surface area (Å²) in [6, 6.07) is -0.102. The molecule has 1 saturated carbocycles. The molecule has 4 atom stereocenters. The van der Waals surface area contributed by atoms with Crippen LogP contribution in [0.15, 0.2) is 0 Å². The van der Waals surface area contributed by atoms with Gasteiger partial charge in [0.15, 0.2) is 0 Å². The van der Waals surface area contributed by atoms with Crippen LogP contribution in [0.3, 0.4) is 0 Å². The minimum atomic E-state index is -0.322. The lowest BCUT2D eigenvalue weighted by atomic mass is 9.61. The highest BCUT2D eigenvalue weighted by atomic mass is 16.6. The summed E-state index contributed by atoms with van der Waals surface area (Å²) in [5.74, 6) is -0.0576. The summed E-state index contributed by atoms with van der Waals surface area (Å²) in [4.78, 5) is 37.0. The highest BCUT2D eigenvalue weighted by Crippen LogP contribution is 2.56. The number of fused-ring (bicyclic) bond motifs is 2. The van der Waals surface area contributed by atoms with E-state index < -0.39 is 0 Å². The molecular formula is C13H15NO5. The Labute approximate surface area is 110 Å². The Morgan fingerprint density at radius 1 is 1.11 bits per heavy atom. The topological polar surface area (TPSA) is 72.9 Å². The zero-order valence-electron chi connectivity index (χ0n) is 10.5. The Bertz CT molecular complexity index is 487. The van der Waals surface area contributed by atoms with Gasteiger partial charge in [-0.2, -0.15) is 0 Å². The third kappa shape index (κ3) is 1.34. The zero-order chi connectivity index (χ0) is 13.2. The first-order valence-electron chi connectivity index (χ1n) is 6.72. The highest BCUT2D eigenvalue weighted by molar-refractivity contribution is 5.84. The number of nitrogens with zero attached hydrogens (tertiary/aromatic N) is 1. The number of esters is 1. The van der Waals surface area contributed by atoms with Gasteiger partial charge in [-0.25, -0.2) is 4.79 Å². The van der Waals surface area contributed by atoms with Crippen molar-refractivity contribution in [3.8, 4) is 0 Å². The van der Waals surface area contributed by atoms with Crippen molar-refractivity contribution in [1.29, 1.82) is 0 Å². The molecule has 0 aromatic rings. The predicted octanol–water partition coefficient (Wildman–Crippen LogP) is 0.492. The number of cyclic esters (lactones) is 2. The average molecular weight is 265 g/mol. The van der Waals surface area contributed by atoms with Crippen LogP contribution in [0.2, 0.25) is 0 Å². The van der Waals surface area contributed by atoms with E-state index in [9.17, 15) is 14.4 Å². The minimum Gasteiger partial charge on any atom is -0.465 e. The fraction of sp³-hybridized carbons (Fsp3) is 0.769. The number of carbonyl (C=O) groups is 3. The second-order valence-corrected chi connectivity index (χ2v) is 6.10. The van der Waals surface area contributed by atoms with Gasteiger partial charge in [-0.1, -0.05) is 0 Å². The van der Waals surface area contributed by atoms with Crippen molar-refractivity contribution >= 4 is 17.8 Å². The van der Waals surface area contributed by atoms with Gasteiger partial charge in [-0.3, -0.25) is 14.5 Å². The Morgan fingerprint density at radius 3 is 2.79 bits per heavy atom. The quantitative estimate of drug-likeness (QED) is 0.596. The van der Waals surface area contributed by atoms with Gasteiger partial charge in [0.2, 0.25) is 0 Å². The number of hydrogen-bond acceptors (Lipinski definition) is 5. The van der Waals surface area contributed by atoms with E-state index in [1.165, 1.54) is 0 Å². The summed E-state index contributed by atoms with van der Waals surface area (Å²) >= 11 is 0. The molecule has 0 N–H and O–H groups in total. The van der Waals surface area contributed by atoms with Crippen LogP contribution in [0.5, 0.6) is 0 Å². The SMILES string of the molecule is O=C1C[C@@H]2CC(=O)OC[C@@]23C[C@@H]2COC(=O)N2[C@H]3C1. The summed E-state index contributed by atoms with van der Waals surface area (Å²) in [7, 11) is 0. The van der Waals surface area contributed by atoms with E-state index >= 15 is 0 Å². The molecule has 6 nitrogen and oxygen atoms in total. The largest absolute Gasteiger partial charge is 0.465 e. The second-order valence-electron chi connectivity index (χ2n) is 6.10. The molecule has 4 rings (SSSR count). The average Bonchev–Trinajstić information content (AvgIpc) is 2.85. The number of ether oxygens (including phenoxy) is 2. The van der Waals surface area contributed by atoms with E-state index in [4.69, 9.17) is 9.47 Å². The van der Waals surface area contributed by atoms with Crippen molar-refractivity contribution in [2.75, 3.05) is 13.2 Å². The van der Waals surface area contributed by atoms with Crippen LogP contribution in [-0.2, 0) is 19.1 Å². The van der Waals surface area contributed by atoms with E-state index in [0.717, 1.165) is 6.42 Å². The van der Waals surface area contributed by atoms with Gasteiger partial charge in [0.1, 0.15) is 12.4 Å². The molecule has 19 heavy (non-hydrogen) atoms. The molecule has 4 fully saturated rings. The molecule has 1 aliphatic carbocycles. The summed E-state index contributed by atoms with van der Waals surface area (Å²) in [6.45, 7) is 0.737. The standard InChI is InChI=1S/C13H15NO5/c15-9-1-7-2-11(16)19-6-13(7)4-8-5-18-12(17)14(8)10(13)3-9/h7-8,10H,1-6H2/t7-,8-,10+,13+/m1/s1. The van der Waals surface area contributed by atoms with Gasteiger partial charge >= 0.3 is 12.1 Å². The summed E-state index contributed by atoms with van der Waals surface area (Å²) in [5, 5.41) is 0. The second kappa shape index (κ2) is 3.49. The van der Waals surface area contributed by atoms with Crippen LogP contribution in [0.1, 0.15) is 25.7 Å². The van der Waals surface area contributed by atoms with Crippen LogP contribution in [0.25, 0.3) is 0 Å². The van der Waals surface area contributed by atoms with Crippen molar-refractivity contribution in [2.24, 2.45) is 11.3 Å². The first-order valence-corrected chi connectivity index (χ1v) is 6.72. The maximum absolute atomic E-state index is 11.9. The fourth-order valence-corrected chi connectivity index (χ4v) is 4.40. The lowest BCUT2D eigenvalue weighted by Crippen LogP contribution is -2.55. The van der Waals surface area contributed by atoms with Gasteiger partial charge in [-0.05, 0) is 12.3 Å². The third-order valence-electron chi connectivity index (χ3n) is 5.24. The highest BCUT2D eigenvalue weighted by Gasteiger charge is 2.64. The van der Waals surface area contributed by atoms with Crippen molar-refractivity contribution in [1.82, 2.24) is 4.90 Å². The molecular weight excluding hydrogens is 250 g/mol. The van der Waals surface area contributed by atoms with Crippen molar-refractivity contribution in [3.05, 3.63) is 0 Å². The molecule has 4 aliphatic rings. The molecule has 1 spiro atoms. The maximum atomic E-state index is 11.9. The number of hydrogen-bond donors (Lipinski definition) is 0. The predicted molar refractivity (Wildman–Crippen MR) is 61.1 cm³/mol. The third-order valence-corrected chi connectivity index (χ3v) is 5.24. The molecule has 3 heterocycles. The van der Waals surface area contributed by atoms with Crippen LogP contribution >= 0.6 is 0 Å². The molecule has 3 saturated heterocycles. The van der Waals surface area contributed by atoms with Crippen LogP contribution < -0.4 is 0 Å². The zero-order valence-corrected chi connectivity index (χ0v) is 10.5. The smallest absolute Gasteiger partial charge is 0.410 e. The minimum absolute atomic E-state index is 0.0263. The van der Waals surface area contributed by atoms with Crippen LogP contribution in [0.4, 0.5) is 4.79 Å². The molecule has 6 heteroatoms. The molecule has 0 aromatic carbocycles. The molecule has 0 bridgehead atoms. The van der Waals surface area contributed by atoms with Gasteiger partial charge in [0, 0.05) is 24.7 Å². The van der Waals surface area contributed by atoms with Crippen molar-refractivity contribution < 1.29 is 23.9 Å². The molecule has 3 aliphatic heterocycles. The van der Waals surface area contributed by atoms with Crippen molar-refractivity contribution in [3.63, 3.8) is 0 Å². The monoisotopic (exact) mass is 265 g/mol. The summed E-state index contributed by atoms with van der Waals surface area (Å²) in [6.07, 6.45) is 1.59. The Morgan fingerprint density at radius 2 is 1.95 bits per heavy atom.